The number of aryl methyl sites for hydroxylation is 1. The number of hydrogen-bond donors (Lipinski definition) is 2. The van der Waals surface area contributed by atoms with Crippen molar-refractivity contribution in [1.82, 2.24) is 9.88 Å². The van der Waals surface area contributed by atoms with Crippen LogP contribution in [0.25, 0.3) is 0 Å². The summed E-state index contributed by atoms with van der Waals surface area (Å²) in [6.45, 7) is 5.25. The van der Waals surface area contributed by atoms with Gasteiger partial charge in [0.2, 0.25) is 0 Å². The molecule has 1 aromatic heterocycles. The molecule has 2 heterocycles. The van der Waals surface area contributed by atoms with E-state index in [2.05, 4.69) is 10.3 Å². The third-order valence-electron chi connectivity index (χ3n) is 5.17. The van der Waals surface area contributed by atoms with Gasteiger partial charge in [-0.2, -0.15) is 0 Å². The number of likely N-dealkylation sites (tertiary alicyclic amines) is 1. The molecule has 0 bridgehead atoms. The first-order valence-corrected chi connectivity index (χ1v) is 9.33. The maximum Gasteiger partial charge on any atom is 0.255 e. The Morgan fingerprint density at radius 1 is 1.21 bits per heavy atom. The summed E-state index contributed by atoms with van der Waals surface area (Å²) in [5.41, 5.74) is 8.48. The zero-order valence-corrected chi connectivity index (χ0v) is 18.3. The lowest BCUT2D eigenvalue weighted by Gasteiger charge is -2.35. The van der Waals surface area contributed by atoms with Gasteiger partial charge in [-0.05, 0) is 56.4 Å². The second-order valence-corrected chi connectivity index (χ2v) is 7.20. The first kappa shape index (κ1) is 24.9. The molecule has 158 valence electrons. The molecule has 3 N–H and O–H groups in total. The number of nitrogens with two attached hydrogens (primary N) is 1. The van der Waals surface area contributed by atoms with Crippen molar-refractivity contribution < 1.29 is 9.59 Å². The van der Waals surface area contributed by atoms with Crippen molar-refractivity contribution >= 4 is 42.3 Å². The van der Waals surface area contributed by atoms with Crippen LogP contribution in [0, 0.1) is 12.8 Å². The van der Waals surface area contributed by atoms with Gasteiger partial charge in [0.15, 0.2) is 0 Å². The number of pyridine rings is 1. The normalized spacial score (nSPS) is 16.8. The number of amides is 2. The molecule has 1 aliphatic rings. The summed E-state index contributed by atoms with van der Waals surface area (Å²) in [5.74, 6) is -0.00991. The summed E-state index contributed by atoms with van der Waals surface area (Å²) in [4.78, 5) is 31.5. The molecule has 1 fully saturated rings. The Bertz CT molecular complexity index is 831. The number of carbonyl (C=O) groups excluding carboxylic acids is 2. The van der Waals surface area contributed by atoms with Crippen LogP contribution in [0.2, 0.25) is 0 Å². The van der Waals surface area contributed by atoms with Crippen molar-refractivity contribution in [3.05, 3.63) is 59.4 Å². The summed E-state index contributed by atoms with van der Waals surface area (Å²) < 4.78 is 0. The number of halogens is 2. The number of nitrogens with zero attached hydrogens (tertiary/aromatic N) is 2. The number of carbonyl (C=O) groups is 2. The van der Waals surface area contributed by atoms with Gasteiger partial charge in [-0.25, -0.2) is 0 Å². The predicted octanol–water partition coefficient (Wildman–Crippen LogP) is 3.69. The number of para-hydroxylation sites is 1. The van der Waals surface area contributed by atoms with Crippen molar-refractivity contribution in [2.75, 3.05) is 18.4 Å². The molecule has 3 rings (SSSR count). The van der Waals surface area contributed by atoms with Gasteiger partial charge in [-0.3, -0.25) is 14.6 Å². The quantitative estimate of drug-likeness (QED) is 0.761. The highest BCUT2D eigenvalue weighted by Crippen LogP contribution is 2.26. The average Bonchev–Trinajstić information content (AvgIpc) is 2.69. The molecule has 0 spiro atoms. The first-order chi connectivity index (χ1) is 13.0. The lowest BCUT2D eigenvalue weighted by atomic mass is 9.91. The molecular formula is C21H28Cl2N4O2. The number of piperidine rings is 1. The molecular weight excluding hydrogens is 411 g/mol. The van der Waals surface area contributed by atoms with Crippen molar-refractivity contribution in [3.63, 3.8) is 0 Å². The summed E-state index contributed by atoms with van der Waals surface area (Å²) in [5, 5.41) is 2.91. The summed E-state index contributed by atoms with van der Waals surface area (Å²) >= 11 is 0. The van der Waals surface area contributed by atoms with Crippen LogP contribution < -0.4 is 11.1 Å². The summed E-state index contributed by atoms with van der Waals surface area (Å²) in [6, 6.07) is 8.86. The standard InChI is InChI=1S/C21H26N4O2.2ClH/c1-14-5-3-7-18(19(14)24-20(26)16-8-10-23-11-9-16)21(27)25-12-4-6-17(13-25)15(2)22;;/h3,5,7-11,15,17H,4,6,12-13,22H2,1-2H3,(H,24,26);2*1H. The van der Waals surface area contributed by atoms with E-state index in [9.17, 15) is 9.59 Å². The summed E-state index contributed by atoms with van der Waals surface area (Å²) in [6.07, 6.45) is 5.13. The minimum absolute atomic E-state index is 0. The molecule has 8 heteroatoms. The Morgan fingerprint density at radius 3 is 2.55 bits per heavy atom. The number of rotatable bonds is 4. The second kappa shape index (κ2) is 11.1. The van der Waals surface area contributed by atoms with Crippen molar-refractivity contribution in [3.8, 4) is 0 Å². The smallest absolute Gasteiger partial charge is 0.255 e. The van der Waals surface area contributed by atoms with Gasteiger partial charge in [0.05, 0.1) is 11.3 Å². The van der Waals surface area contributed by atoms with Gasteiger partial charge < -0.3 is 16.0 Å². The minimum atomic E-state index is -0.257. The number of anilines is 1. The maximum atomic E-state index is 13.2. The number of nitrogens with one attached hydrogen (secondary N) is 1. The molecule has 0 saturated carbocycles. The molecule has 0 aliphatic carbocycles. The van der Waals surface area contributed by atoms with E-state index in [1.54, 1.807) is 30.6 Å². The van der Waals surface area contributed by atoms with Gasteiger partial charge in [0, 0.05) is 37.1 Å². The van der Waals surface area contributed by atoms with Crippen molar-refractivity contribution in [2.45, 2.75) is 32.7 Å². The Balaban J connectivity index is 0.00000210. The monoisotopic (exact) mass is 438 g/mol. The zero-order valence-electron chi connectivity index (χ0n) is 16.6. The molecule has 2 atom stereocenters. The molecule has 29 heavy (non-hydrogen) atoms. The summed E-state index contributed by atoms with van der Waals surface area (Å²) in [7, 11) is 0. The fourth-order valence-corrected chi connectivity index (χ4v) is 3.49. The van der Waals surface area contributed by atoms with E-state index in [0.717, 1.165) is 18.4 Å². The molecule has 1 aromatic carbocycles. The Labute approximate surface area is 184 Å². The van der Waals surface area contributed by atoms with E-state index < -0.39 is 0 Å². The Kier molecular flexibility index (Phi) is 9.56. The number of hydrogen-bond acceptors (Lipinski definition) is 4. The van der Waals surface area contributed by atoms with Crippen molar-refractivity contribution in [1.29, 1.82) is 0 Å². The molecule has 0 radical (unpaired) electrons. The van der Waals surface area contributed by atoms with Crippen LogP contribution in [-0.4, -0.2) is 40.8 Å². The second-order valence-electron chi connectivity index (χ2n) is 7.20. The van der Waals surface area contributed by atoms with E-state index in [1.807, 2.05) is 30.9 Å². The lowest BCUT2D eigenvalue weighted by molar-refractivity contribution is 0.0662. The van der Waals surface area contributed by atoms with Gasteiger partial charge in [0.1, 0.15) is 0 Å². The number of aromatic nitrogens is 1. The van der Waals surface area contributed by atoms with E-state index in [4.69, 9.17) is 5.73 Å². The largest absolute Gasteiger partial charge is 0.338 e. The third kappa shape index (κ3) is 5.92. The molecule has 2 unspecified atom stereocenters. The van der Waals surface area contributed by atoms with Crippen LogP contribution in [0.3, 0.4) is 0 Å². The van der Waals surface area contributed by atoms with Crippen molar-refractivity contribution in [2.24, 2.45) is 11.7 Å². The fraction of sp³-hybridized carbons (Fsp3) is 0.381. The van der Waals surface area contributed by atoms with Crippen LogP contribution in [0.15, 0.2) is 42.7 Å². The van der Waals surface area contributed by atoms with Gasteiger partial charge in [-0.15, -0.1) is 24.8 Å². The minimum Gasteiger partial charge on any atom is -0.338 e. The van der Waals surface area contributed by atoms with Crippen LogP contribution in [0.5, 0.6) is 0 Å². The molecule has 2 amide bonds. The van der Waals surface area contributed by atoms with Crippen LogP contribution >= 0.6 is 24.8 Å². The highest BCUT2D eigenvalue weighted by atomic mass is 35.5. The SMILES string of the molecule is Cc1cccc(C(=O)N2CCCC(C(C)N)C2)c1NC(=O)c1ccncc1.Cl.Cl. The van der Waals surface area contributed by atoms with E-state index in [0.29, 0.717) is 35.8 Å². The molecule has 2 aromatic rings. The van der Waals surface area contributed by atoms with E-state index in [1.165, 1.54) is 0 Å². The predicted molar refractivity (Wildman–Crippen MR) is 120 cm³/mol. The van der Waals surface area contributed by atoms with Gasteiger partial charge in [-0.1, -0.05) is 12.1 Å². The van der Waals surface area contributed by atoms with Crippen LogP contribution in [0.4, 0.5) is 5.69 Å². The number of benzene rings is 1. The van der Waals surface area contributed by atoms with Crippen LogP contribution in [0.1, 0.15) is 46.0 Å². The fourth-order valence-electron chi connectivity index (χ4n) is 3.49. The van der Waals surface area contributed by atoms with Crippen LogP contribution in [-0.2, 0) is 0 Å². The molecule has 6 nitrogen and oxygen atoms in total. The molecule has 1 aliphatic heterocycles. The Morgan fingerprint density at radius 2 is 1.90 bits per heavy atom. The molecule has 1 saturated heterocycles. The van der Waals surface area contributed by atoms with E-state index >= 15 is 0 Å². The third-order valence-corrected chi connectivity index (χ3v) is 5.17. The Hall–Kier alpha value is -2.15. The average molecular weight is 439 g/mol. The van der Waals surface area contributed by atoms with E-state index in [-0.39, 0.29) is 42.7 Å². The highest BCUT2D eigenvalue weighted by molar-refractivity contribution is 6.09. The topological polar surface area (TPSA) is 88.3 Å². The maximum absolute atomic E-state index is 13.2. The highest BCUT2D eigenvalue weighted by Gasteiger charge is 2.28. The van der Waals surface area contributed by atoms with Gasteiger partial charge >= 0.3 is 0 Å². The zero-order chi connectivity index (χ0) is 19.4. The first-order valence-electron chi connectivity index (χ1n) is 9.33. The van der Waals surface area contributed by atoms with Gasteiger partial charge in [0.25, 0.3) is 11.8 Å². The lowest BCUT2D eigenvalue weighted by Crippen LogP contribution is -2.45.